The molecule has 0 bridgehead atoms. The molecule has 8 heteroatoms. The van der Waals surface area contributed by atoms with E-state index in [0.29, 0.717) is 24.3 Å². The number of hydrogen-bond donors (Lipinski definition) is 2. The van der Waals surface area contributed by atoms with Gasteiger partial charge in [-0.25, -0.2) is 0 Å². The summed E-state index contributed by atoms with van der Waals surface area (Å²) in [6.45, 7) is 15.7. The second-order valence-electron chi connectivity index (χ2n) is 8.36. The normalized spacial score (nSPS) is 17.1. The van der Waals surface area contributed by atoms with Gasteiger partial charge < -0.3 is 15.2 Å². The van der Waals surface area contributed by atoms with Gasteiger partial charge in [0.1, 0.15) is 0 Å². The Morgan fingerprint density at radius 3 is 2.34 bits per heavy atom. The first-order chi connectivity index (χ1) is 13.5. The van der Waals surface area contributed by atoms with Crippen LogP contribution in [0.2, 0.25) is 0 Å². The molecular weight excluding hydrogens is 479 g/mol. The Morgan fingerprint density at radius 2 is 1.79 bits per heavy atom. The van der Waals surface area contributed by atoms with Crippen LogP contribution < -0.4 is 10.6 Å². The van der Waals surface area contributed by atoms with Crippen molar-refractivity contribution in [1.29, 1.82) is 0 Å². The first-order valence-corrected chi connectivity index (χ1v) is 11.1. The summed E-state index contributed by atoms with van der Waals surface area (Å²) in [5, 5.41) is 10.8. The molecule has 2 rings (SSSR count). The summed E-state index contributed by atoms with van der Waals surface area (Å²) in [4.78, 5) is 12.0. The molecule has 0 radical (unpaired) electrons. The van der Waals surface area contributed by atoms with Crippen molar-refractivity contribution in [3.63, 3.8) is 0 Å². The zero-order chi connectivity index (χ0) is 20.4. The largest absolute Gasteiger partial charge is 0.357 e. The van der Waals surface area contributed by atoms with Crippen LogP contribution in [0.3, 0.4) is 0 Å². The summed E-state index contributed by atoms with van der Waals surface area (Å²) in [5.41, 5.74) is 0. The SMILES string of the molecule is CCNC(=NCC(C(C)C)N1CCCCCC1)NCCc1nc(C(C)C)no1.I. The zero-order valence-electron chi connectivity index (χ0n) is 18.9. The topological polar surface area (TPSA) is 78.6 Å². The highest BCUT2D eigenvalue weighted by Crippen LogP contribution is 2.17. The molecule has 1 atom stereocenters. The van der Waals surface area contributed by atoms with E-state index in [2.05, 4.69) is 60.3 Å². The van der Waals surface area contributed by atoms with Gasteiger partial charge >= 0.3 is 0 Å². The molecule has 1 aromatic rings. The second-order valence-corrected chi connectivity index (χ2v) is 8.36. The van der Waals surface area contributed by atoms with Crippen LogP contribution in [-0.2, 0) is 6.42 Å². The number of halogens is 1. The molecule has 2 heterocycles. The number of hydrogen-bond acceptors (Lipinski definition) is 5. The third-order valence-corrected chi connectivity index (χ3v) is 5.29. The lowest BCUT2D eigenvalue weighted by molar-refractivity contribution is 0.166. The van der Waals surface area contributed by atoms with Gasteiger partial charge in [0.2, 0.25) is 5.89 Å². The van der Waals surface area contributed by atoms with E-state index in [1.807, 2.05) is 0 Å². The standard InChI is InChI=1S/C21H40N6O.HI/c1-6-22-21(23-12-11-19-25-20(17(4)5)26-28-19)24-15-18(16(2)3)27-13-9-7-8-10-14-27;/h16-18H,6-15H2,1-5H3,(H2,22,23,24);1H. The Morgan fingerprint density at radius 1 is 1.10 bits per heavy atom. The number of likely N-dealkylation sites (tertiary alicyclic amines) is 1. The smallest absolute Gasteiger partial charge is 0.228 e. The molecule has 1 fully saturated rings. The van der Waals surface area contributed by atoms with Crippen molar-refractivity contribution in [3.05, 3.63) is 11.7 Å². The van der Waals surface area contributed by atoms with Crippen LogP contribution in [0.1, 0.15) is 77.9 Å². The van der Waals surface area contributed by atoms with Gasteiger partial charge in [0.15, 0.2) is 11.8 Å². The molecule has 0 spiro atoms. The molecule has 168 valence electrons. The number of aliphatic imine (C=N–C) groups is 1. The highest BCUT2D eigenvalue weighted by molar-refractivity contribution is 14.0. The minimum atomic E-state index is 0. The molecule has 1 unspecified atom stereocenters. The van der Waals surface area contributed by atoms with Gasteiger partial charge in [-0.3, -0.25) is 9.89 Å². The lowest BCUT2D eigenvalue weighted by Gasteiger charge is -2.32. The van der Waals surface area contributed by atoms with Gasteiger partial charge in [-0.1, -0.05) is 45.7 Å². The first-order valence-electron chi connectivity index (χ1n) is 11.1. The maximum Gasteiger partial charge on any atom is 0.228 e. The van der Waals surface area contributed by atoms with Gasteiger partial charge in [0.25, 0.3) is 0 Å². The van der Waals surface area contributed by atoms with Gasteiger partial charge in [0, 0.05) is 31.5 Å². The summed E-state index contributed by atoms with van der Waals surface area (Å²) in [6, 6.07) is 0.498. The van der Waals surface area contributed by atoms with E-state index in [9.17, 15) is 0 Å². The third-order valence-electron chi connectivity index (χ3n) is 5.29. The lowest BCUT2D eigenvalue weighted by Crippen LogP contribution is -2.44. The van der Waals surface area contributed by atoms with Gasteiger partial charge in [-0.15, -0.1) is 24.0 Å². The minimum absolute atomic E-state index is 0. The molecule has 7 nitrogen and oxygen atoms in total. The molecule has 0 aromatic carbocycles. The predicted molar refractivity (Wildman–Crippen MR) is 130 cm³/mol. The van der Waals surface area contributed by atoms with Crippen LogP contribution in [0, 0.1) is 5.92 Å². The summed E-state index contributed by atoms with van der Waals surface area (Å²) in [5.74, 6) is 3.20. The monoisotopic (exact) mass is 520 g/mol. The van der Waals surface area contributed by atoms with Crippen molar-refractivity contribution < 1.29 is 4.52 Å². The summed E-state index contributed by atoms with van der Waals surface area (Å²) in [6.07, 6.45) is 6.05. The lowest BCUT2D eigenvalue weighted by atomic mass is 10.0. The fraction of sp³-hybridized carbons (Fsp3) is 0.857. The average molecular weight is 521 g/mol. The molecule has 0 saturated carbocycles. The molecule has 2 N–H and O–H groups in total. The molecule has 1 aliphatic rings. The van der Waals surface area contributed by atoms with E-state index in [0.717, 1.165) is 31.4 Å². The van der Waals surface area contributed by atoms with E-state index >= 15 is 0 Å². The van der Waals surface area contributed by atoms with Crippen molar-refractivity contribution in [2.24, 2.45) is 10.9 Å². The van der Waals surface area contributed by atoms with Crippen LogP contribution in [0.25, 0.3) is 0 Å². The van der Waals surface area contributed by atoms with E-state index in [1.54, 1.807) is 0 Å². The summed E-state index contributed by atoms with van der Waals surface area (Å²) in [7, 11) is 0. The molecule has 1 aliphatic heterocycles. The van der Waals surface area contributed by atoms with Gasteiger partial charge in [-0.2, -0.15) is 4.98 Å². The van der Waals surface area contributed by atoms with Gasteiger partial charge in [0.05, 0.1) is 6.54 Å². The Bertz CT molecular complexity index is 581. The predicted octanol–water partition coefficient (Wildman–Crippen LogP) is 3.81. The van der Waals surface area contributed by atoms with Crippen LogP contribution in [0.15, 0.2) is 9.52 Å². The van der Waals surface area contributed by atoms with Crippen LogP contribution in [-0.4, -0.2) is 59.8 Å². The molecule has 29 heavy (non-hydrogen) atoms. The number of nitrogens with one attached hydrogen (secondary N) is 2. The van der Waals surface area contributed by atoms with Crippen molar-refractivity contribution in [2.45, 2.75) is 78.7 Å². The van der Waals surface area contributed by atoms with Crippen molar-refractivity contribution in [2.75, 3.05) is 32.7 Å². The minimum Gasteiger partial charge on any atom is -0.357 e. The highest BCUT2D eigenvalue weighted by atomic mass is 127. The van der Waals surface area contributed by atoms with Crippen molar-refractivity contribution in [3.8, 4) is 0 Å². The maximum absolute atomic E-state index is 5.32. The van der Waals surface area contributed by atoms with E-state index in [4.69, 9.17) is 9.52 Å². The number of aromatic nitrogens is 2. The Labute approximate surface area is 193 Å². The number of rotatable bonds is 9. The number of guanidine groups is 1. The molecule has 0 aliphatic carbocycles. The molecule has 0 amide bonds. The van der Waals surface area contributed by atoms with E-state index in [-0.39, 0.29) is 29.9 Å². The van der Waals surface area contributed by atoms with Gasteiger partial charge in [-0.05, 0) is 38.8 Å². The highest BCUT2D eigenvalue weighted by Gasteiger charge is 2.22. The Kier molecular flexibility index (Phi) is 12.8. The summed E-state index contributed by atoms with van der Waals surface area (Å²) >= 11 is 0. The van der Waals surface area contributed by atoms with Crippen molar-refractivity contribution in [1.82, 2.24) is 25.7 Å². The number of nitrogens with zero attached hydrogens (tertiary/aromatic N) is 4. The quantitative estimate of drug-likeness (QED) is 0.293. The molecular formula is C21H41IN6O. The summed E-state index contributed by atoms with van der Waals surface area (Å²) < 4.78 is 5.32. The van der Waals surface area contributed by atoms with Crippen molar-refractivity contribution >= 4 is 29.9 Å². The maximum atomic E-state index is 5.32. The molecule has 1 saturated heterocycles. The Balaban J connectivity index is 0.00000420. The molecule has 1 aromatic heterocycles. The Hall–Kier alpha value is -0.900. The fourth-order valence-corrected chi connectivity index (χ4v) is 3.59. The fourth-order valence-electron chi connectivity index (χ4n) is 3.59. The third kappa shape index (κ3) is 9.19. The second kappa shape index (κ2) is 14.2. The first kappa shape index (κ1) is 26.1. The van der Waals surface area contributed by atoms with Crippen LogP contribution in [0.5, 0.6) is 0 Å². The van der Waals surface area contributed by atoms with Crippen LogP contribution in [0.4, 0.5) is 0 Å². The average Bonchev–Trinajstić information content (AvgIpc) is 2.97. The zero-order valence-corrected chi connectivity index (χ0v) is 21.2. The van der Waals surface area contributed by atoms with E-state index in [1.165, 1.54) is 38.8 Å². The van der Waals surface area contributed by atoms with E-state index < -0.39 is 0 Å². The van der Waals surface area contributed by atoms with Crippen LogP contribution >= 0.6 is 24.0 Å².